The predicted octanol–water partition coefficient (Wildman–Crippen LogP) is 2.09. The largest absolute Gasteiger partial charge is 0.350 e. The average molecular weight is 392 g/mol. The average Bonchev–Trinajstić information content (AvgIpc) is 2.67. The third-order valence-corrected chi connectivity index (χ3v) is 5.74. The highest BCUT2D eigenvalue weighted by atomic mass is 32.2. The molecular formula is C19H21FN2O4S. The summed E-state index contributed by atoms with van der Waals surface area (Å²) in [6.07, 6.45) is 0. The molecule has 0 atom stereocenters. The lowest BCUT2D eigenvalue weighted by atomic mass is 10.1. The first-order valence-corrected chi connectivity index (χ1v) is 10.0. The normalized spacial score (nSPS) is 11.1. The fourth-order valence-corrected chi connectivity index (χ4v) is 3.15. The van der Waals surface area contributed by atoms with Crippen molar-refractivity contribution in [3.63, 3.8) is 0 Å². The summed E-state index contributed by atoms with van der Waals surface area (Å²) in [6, 6.07) is 9.86. The molecule has 2 aromatic rings. The molecule has 0 heterocycles. The molecule has 2 amide bonds. The zero-order chi connectivity index (χ0) is 20.0. The Hall–Kier alpha value is -2.74. The molecule has 0 bridgehead atoms. The Bertz CT molecular complexity index is 941. The zero-order valence-electron chi connectivity index (χ0n) is 15.1. The molecule has 0 aliphatic carbocycles. The number of nitrogens with one attached hydrogen (secondary N) is 2. The fraction of sp³-hybridized carbons (Fsp3) is 0.263. The third kappa shape index (κ3) is 5.37. The maximum absolute atomic E-state index is 13.5. The minimum absolute atomic E-state index is 0.0108. The van der Waals surface area contributed by atoms with Crippen LogP contribution in [0.25, 0.3) is 0 Å². The molecular weight excluding hydrogens is 371 g/mol. The van der Waals surface area contributed by atoms with Gasteiger partial charge in [0.15, 0.2) is 9.84 Å². The lowest BCUT2D eigenvalue weighted by Crippen LogP contribution is -2.34. The van der Waals surface area contributed by atoms with Crippen LogP contribution in [0, 0.1) is 12.7 Å². The van der Waals surface area contributed by atoms with Crippen molar-refractivity contribution in [2.24, 2.45) is 0 Å². The first-order valence-electron chi connectivity index (χ1n) is 8.40. The Kier molecular flexibility index (Phi) is 6.68. The molecule has 0 saturated heterocycles. The lowest BCUT2D eigenvalue weighted by molar-refractivity contribution is 0.0927. The van der Waals surface area contributed by atoms with Gasteiger partial charge in [-0.3, -0.25) is 9.59 Å². The first-order chi connectivity index (χ1) is 12.7. The molecule has 27 heavy (non-hydrogen) atoms. The topological polar surface area (TPSA) is 92.3 Å². The summed E-state index contributed by atoms with van der Waals surface area (Å²) >= 11 is 0. The second-order valence-corrected chi connectivity index (χ2v) is 8.18. The van der Waals surface area contributed by atoms with Gasteiger partial charge in [0.05, 0.1) is 10.6 Å². The molecule has 6 nitrogen and oxygen atoms in total. The van der Waals surface area contributed by atoms with Crippen LogP contribution in [0.1, 0.15) is 33.2 Å². The van der Waals surface area contributed by atoms with E-state index in [-0.39, 0.29) is 35.2 Å². The van der Waals surface area contributed by atoms with Crippen LogP contribution in [-0.2, 0) is 9.84 Å². The summed E-state index contributed by atoms with van der Waals surface area (Å²) in [5.74, 6) is -1.28. The molecule has 0 fully saturated rings. The maximum atomic E-state index is 13.5. The fourth-order valence-electron chi connectivity index (χ4n) is 2.27. The van der Waals surface area contributed by atoms with Crippen LogP contribution in [0.4, 0.5) is 4.39 Å². The van der Waals surface area contributed by atoms with Gasteiger partial charge in [0.25, 0.3) is 11.8 Å². The lowest BCUT2D eigenvalue weighted by Gasteiger charge is -2.08. The van der Waals surface area contributed by atoms with E-state index in [4.69, 9.17) is 0 Å². The predicted molar refractivity (Wildman–Crippen MR) is 100.0 cm³/mol. The number of carbonyl (C=O) groups is 2. The van der Waals surface area contributed by atoms with Gasteiger partial charge in [-0.2, -0.15) is 0 Å². The highest BCUT2D eigenvalue weighted by Gasteiger charge is 2.13. The SMILES string of the molecule is CCS(=O)(=O)c1ccc(C(=O)NCCNC(=O)c2ccc(C)c(F)c2)cc1. The number of rotatable bonds is 7. The Morgan fingerprint density at radius 2 is 1.44 bits per heavy atom. The molecule has 2 N–H and O–H groups in total. The van der Waals surface area contributed by atoms with E-state index >= 15 is 0 Å². The van der Waals surface area contributed by atoms with E-state index in [1.54, 1.807) is 13.8 Å². The van der Waals surface area contributed by atoms with Crippen molar-refractivity contribution in [3.8, 4) is 0 Å². The van der Waals surface area contributed by atoms with Gasteiger partial charge in [-0.05, 0) is 48.9 Å². The van der Waals surface area contributed by atoms with E-state index in [0.29, 0.717) is 11.1 Å². The van der Waals surface area contributed by atoms with Gasteiger partial charge in [-0.25, -0.2) is 12.8 Å². The van der Waals surface area contributed by atoms with Crippen LogP contribution in [0.15, 0.2) is 47.4 Å². The first kappa shape index (κ1) is 20.6. The molecule has 0 aliphatic rings. The van der Waals surface area contributed by atoms with Crippen molar-refractivity contribution in [2.75, 3.05) is 18.8 Å². The number of hydrogen-bond acceptors (Lipinski definition) is 4. The smallest absolute Gasteiger partial charge is 0.251 e. The van der Waals surface area contributed by atoms with Crippen LogP contribution < -0.4 is 10.6 Å². The van der Waals surface area contributed by atoms with Gasteiger partial charge < -0.3 is 10.6 Å². The van der Waals surface area contributed by atoms with Crippen molar-refractivity contribution >= 4 is 21.7 Å². The Morgan fingerprint density at radius 1 is 0.926 bits per heavy atom. The highest BCUT2D eigenvalue weighted by Crippen LogP contribution is 2.12. The third-order valence-electron chi connectivity index (χ3n) is 3.99. The van der Waals surface area contributed by atoms with Gasteiger partial charge in [-0.15, -0.1) is 0 Å². The van der Waals surface area contributed by atoms with Crippen molar-refractivity contribution in [1.82, 2.24) is 10.6 Å². The van der Waals surface area contributed by atoms with Crippen LogP contribution in [0.3, 0.4) is 0 Å². The van der Waals surface area contributed by atoms with E-state index in [1.807, 2.05) is 0 Å². The van der Waals surface area contributed by atoms with Crippen LogP contribution in [0.5, 0.6) is 0 Å². The van der Waals surface area contributed by atoms with Gasteiger partial charge in [0, 0.05) is 24.2 Å². The van der Waals surface area contributed by atoms with E-state index in [2.05, 4.69) is 10.6 Å². The van der Waals surface area contributed by atoms with Crippen LogP contribution in [-0.4, -0.2) is 39.1 Å². The molecule has 0 aromatic heterocycles. The number of carbonyl (C=O) groups excluding carboxylic acids is 2. The number of hydrogen-bond donors (Lipinski definition) is 2. The second-order valence-electron chi connectivity index (χ2n) is 5.90. The van der Waals surface area contributed by atoms with Gasteiger partial charge in [-0.1, -0.05) is 13.0 Å². The molecule has 144 valence electrons. The molecule has 8 heteroatoms. The summed E-state index contributed by atoms with van der Waals surface area (Å²) in [7, 11) is -3.31. The number of aryl methyl sites for hydroxylation is 1. The number of sulfone groups is 1. The Labute approximate surface area is 157 Å². The highest BCUT2D eigenvalue weighted by molar-refractivity contribution is 7.91. The molecule has 2 rings (SSSR count). The minimum Gasteiger partial charge on any atom is -0.350 e. The quantitative estimate of drug-likeness (QED) is 0.706. The van der Waals surface area contributed by atoms with E-state index in [9.17, 15) is 22.4 Å². The molecule has 2 aromatic carbocycles. The second kappa shape index (κ2) is 8.77. The van der Waals surface area contributed by atoms with E-state index < -0.39 is 21.6 Å². The van der Waals surface area contributed by atoms with E-state index in [1.165, 1.54) is 36.4 Å². The minimum atomic E-state index is -3.31. The molecule has 0 spiro atoms. The summed E-state index contributed by atoms with van der Waals surface area (Å²) in [4.78, 5) is 24.2. The number of halogens is 1. The molecule has 0 aliphatic heterocycles. The van der Waals surface area contributed by atoms with Gasteiger partial charge in [0.2, 0.25) is 0 Å². The molecule has 0 saturated carbocycles. The maximum Gasteiger partial charge on any atom is 0.251 e. The van der Waals surface area contributed by atoms with Crippen molar-refractivity contribution in [2.45, 2.75) is 18.7 Å². The van der Waals surface area contributed by atoms with Gasteiger partial charge >= 0.3 is 0 Å². The zero-order valence-corrected chi connectivity index (χ0v) is 15.9. The Balaban J connectivity index is 1.83. The van der Waals surface area contributed by atoms with Crippen molar-refractivity contribution < 1.29 is 22.4 Å². The standard InChI is InChI=1S/C19H21FN2O4S/c1-3-27(25,26)16-8-6-14(7-9-16)18(23)21-10-11-22-19(24)15-5-4-13(2)17(20)12-15/h4-9,12H,3,10-11H2,1-2H3,(H,21,23)(H,22,24). The summed E-state index contributed by atoms with van der Waals surface area (Å²) < 4.78 is 37.0. The number of amides is 2. The molecule has 0 radical (unpaired) electrons. The van der Waals surface area contributed by atoms with Crippen LogP contribution in [0.2, 0.25) is 0 Å². The molecule has 0 unspecified atom stereocenters. The summed E-state index contributed by atoms with van der Waals surface area (Å²) in [5, 5.41) is 5.21. The number of benzene rings is 2. The summed E-state index contributed by atoms with van der Waals surface area (Å²) in [6.45, 7) is 3.50. The van der Waals surface area contributed by atoms with Gasteiger partial charge in [0.1, 0.15) is 5.82 Å². The Morgan fingerprint density at radius 3 is 1.96 bits per heavy atom. The van der Waals surface area contributed by atoms with Crippen LogP contribution >= 0.6 is 0 Å². The van der Waals surface area contributed by atoms with Crippen molar-refractivity contribution in [1.29, 1.82) is 0 Å². The van der Waals surface area contributed by atoms with E-state index in [0.717, 1.165) is 6.07 Å². The monoisotopic (exact) mass is 392 g/mol. The summed E-state index contributed by atoms with van der Waals surface area (Å²) in [5.41, 5.74) is 0.978. The van der Waals surface area contributed by atoms with Crippen molar-refractivity contribution in [3.05, 3.63) is 65.0 Å².